The van der Waals surface area contributed by atoms with Crippen molar-refractivity contribution in [2.75, 3.05) is 20.1 Å². The number of likely N-dealkylation sites (N-methyl/N-ethyl adjacent to an activating group) is 1. The number of likely N-dealkylation sites (tertiary alicyclic amines) is 1. The van der Waals surface area contributed by atoms with Gasteiger partial charge in [0.1, 0.15) is 12.2 Å². The minimum atomic E-state index is -0.271. The smallest absolute Gasteiger partial charge is 0.169 e. The zero-order valence-electron chi connectivity index (χ0n) is 33.0. The molecule has 2 aliphatic heterocycles. The lowest BCUT2D eigenvalue weighted by Gasteiger charge is -2.32. The molecule has 2 saturated heterocycles. The Kier molecular flexibility index (Phi) is 22.9. The summed E-state index contributed by atoms with van der Waals surface area (Å²) >= 11 is 0. The Labute approximate surface area is 305 Å². The van der Waals surface area contributed by atoms with Crippen LogP contribution in [0.2, 0.25) is 0 Å². The second kappa shape index (κ2) is 26.6. The van der Waals surface area contributed by atoms with Crippen LogP contribution in [0.1, 0.15) is 200 Å². The molecule has 282 valence electrons. The van der Waals surface area contributed by atoms with E-state index < -0.39 is 0 Å². The van der Waals surface area contributed by atoms with Crippen LogP contribution in [0, 0.1) is 5.41 Å². The molecule has 0 aromatic heterocycles. The van der Waals surface area contributed by atoms with E-state index in [2.05, 4.69) is 74.4 Å². The molecule has 0 radical (unpaired) electrons. The third kappa shape index (κ3) is 18.2. The first-order valence-corrected chi connectivity index (χ1v) is 21.7. The van der Waals surface area contributed by atoms with Crippen molar-refractivity contribution >= 4 is 0 Å². The molecule has 3 heteroatoms. The second-order valence-electron chi connectivity index (χ2n) is 16.3. The molecule has 1 spiro atoms. The maximum atomic E-state index is 6.74. The fourth-order valence-electron chi connectivity index (χ4n) is 8.66. The van der Waals surface area contributed by atoms with Crippen molar-refractivity contribution < 1.29 is 9.47 Å². The average molecular weight is 680 g/mol. The normalized spacial score (nSPS) is 25.9. The Morgan fingerprint density at radius 1 is 0.490 bits per heavy atom. The van der Waals surface area contributed by atoms with Crippen LogP contribution in [0.3, 0.4) is 0 Å². The SMILES string of the molecule is CCCCCC=CCC=CCCCCCCCCC1(CCCCCCCCC=CCC=CCCCCC)CCC2(C1)O[C@H]1CN(C)C[C@H]1O2. The van der Waals surface area contributed by atoms with E-state index in [0.717, 1.165) is 38.8 Å². The Morgan fingerprint density at radius 2 is 0.878 bits per heavy atom. The molecule has 3 nitrogen and oxygen atoms in total. The van der Waals surface area contributed by atoms with Crippen molar-refractivity contribution in [3.8, 4) is 0 Å². The number of fused-ring (bicyclic) bond motifs is 1. The Hall–Kier alpha value is -1.16. The van der Waals surface area contributed by atoms with Gasteiger partial charge >= 0.3 is 0 Å². The van der Waals surface area contributed by atoms with E-state index in [1.54, 1.807) is 0 Å². The minimum absolute atomic E-state index is 0.271. The number of hydrogen-bond acceptors (Lipinski definition) is 3. The summed E-state index contributed by atoms with van der Waals surface area (Å²) in [5.41, 5.74) is 0.440. The quantitative estimate of drug-likeness (QED) is 0.0557. The van der Waals surface area contributed by atoms with Crippen molar-refractivity contribution in [2.45, 2.75) is 218 Å². The number of nitrogens with zero attached hydrogens (tertiary/aromatic N) is 1. The standard InChI is InChI=1S/C46H81NO2/c1-4-6-8-10-12-14-16-18-20-22-24-26-28-30-32-34-36-45(38-39-46(42-45)48-43-40-47(3)41-44(43)49-46)37-35-33-31-29-27-25-23-21-19-17-15-13-11-9-7-5-2/h12-15,18-21,43-44H,4-11,16-17,22-42H2,1-3H3/t43-,44+,45?,46?. The third-order valence-electron chi connectivity index (χ3n) is 11.6. The van der Waals surface area contributed by atoms with Crippen LogP contribution in [0.25, 0.3) is 0 Å². The largest absolute Gasteiger partial charge is 0.343 e. The summed E-state index contributed by atoms with van der Waals surface area (Å²) in [7, 11) is 2.20. The van der Waals surface area contributed by atoms with Crippen molar-refractivity contribution in [1.82, 2.24) is 4.90 Å². The van der Waals surface area contributed by atoms with E-state index in [4.69, 9.17) is 9.47 Å². The van der Waals surface area contributed by atoms with Crippen molar-refractivity contribution in [3.63, 3.8) is 0 Å². The van der Waals surface area contributed by atoms with Gasteiger partial charge in [-0.2, -0.15) is 0 Å². The summed E-state index contributed by atoms with van der Waals surface area (Å²) in [5.74, 6) is -0.271. The van der Waals surface area contributed by atoms with Crippen LogP contribution in [-0.2, 0) is 9.47 Å². The van der Waals surface area contributed by atoms with Gasteiger partial charge < -0.3 is 14.4 Å². The highest BCUT2D eigenvalue weighted by Crippen LogP contribution is 2.56. The maximum Gasteiger partial charge on any atom is 0.169 e. The molecule has 0 aromatic rings. The minimum Gasteiger partial charge on any atom is -0.343 e. The zero-order valence-corrected chi connectivity index (χ0v) is 33.0. The van der Waals surface area contributed by atoms with Crippen LogP contribution < -0.4 is 0 Å². The maximum absolute atomic E-state index is 6.74. The van der Waals surface area contributed by atoms with Gasteiger partial charge in [-0.3, -0.25) is 0 Å². The molecule has 1 unspecified atom stereocenters. The average Bonchev–Trinajstić information content (AvgIpc) is 3.73. The van der Waals surface area contributed by atoms with Gasteiger partial charge in [0.05, 0.1) is 0 Å². The topological polar surface area (TPSA) is 21.7 Å². The molecule has 3 rings (SSSR count). The highest BCUT2D eigenvalue weighted by atomic mass is 16.8. The van der Waals surface area contributed by atoms with Gasteiger partial charge in [-0.25, -0.2) is 0 Å². The van der Waals surface area contributed by atoms with Crippen molar-refractivity contribution in [2.24, 2.45) is 5.41 Å². The predicted molar refractivity (Wildman–Crippen MR) is 214 cm³/mol. The molecule has 3 aliphatic rings. The molecule has 0 bridgehead atoms. The number of rotatable bonds is 30. The molecule has 49 heavy (non-hydrogen) atoms. The monoisotopic (exact) mass is 680 g/mol. The van der Waals surface area contributed by atoms with Crippen LogP contribution in [-0.4, -0.2) is 43.0 Å². The lowest BCUT2D eigenvalue weighted by atomic mass is 9.76. The summed E-state index contributed by atoms with van der Waals surface area (Å²) in [6.07, 6.45) is 57.8. The fourth-order valence-corrected chi connectivity index (χ4v) is 8.66. The van der Waals surface area contributed by atoms with Crippen molar-refractivity contribution in [3.05, 3.63) is 48.6 Å². The summed E-state index contributed by atoms with van der Waals surface area (Å²) in [4.78, 5) is 2.37. The molecule has 0 aromatic carbocycles. The van der Waals surface area contributed by atoms with Crippen LogP contribution in [0.4, 0.5) is 0 Å². The highest BCUT2D eigenvalue weighted by Gasteiger charge is 2.57. The number of ether oxygens (including phenoxy) is 2. The number of hydrogen-bond donors (Lipinski definition) is 0. The van der Waals surface area contributed by atoms with E-state index in [1.807, 2.05) is 0 Å². The predicted octanol–water partition coefficient (Wildman–Crippen LogP) is 14.0. The first kappa shape index (κ1) is 42.3. The van der Waals surface area contributed by atoms with Gasteiger partial charge in [0.15, 0.2) is 5.79 Å². The lowest BCUT2D eigenvalue weighted by Crippen LogP contribution is -2.33. The molecule has 0 amide bonds. The van der Waals surface area contributed by atoms with E-state index in [1.165, 1.54) is 161 Å². The zero-order chi connectivity index (χ0) is 34.7. The molecule has 1 aliphatic carbocycles. The summed E-state index contributed by atoms with van der Waals surface area (Å²) in [5, 5.41) is 0. The van der Waals surface area contributed by atoms with Gasteiger partial charge in [0.25, 0.3) is 0 Å². The molecule has 2 heterocycles. The summed E-state index contributed by atoms with van der Waals surface area (Å²) in [6, 6.07) is 0. The first-order valence-electron chi connectivity index (χ1n) is 21.7. The lowest BCUT2D eigenvalue weighted by molar-refractivity contribution is -0.183. The molecule has 0 N–H and O–H groups in total. The van der Waals surface area contributed by atoms with Gasteiger partial charge in [-0.05, 0) is 95.9 Å². The van der Waals surface area contributed by atoms with Crippen LogP contribution >= 0.6 is 0 Å². The van der Waals surface area contributed by atoms with Gasteiger partial charge in [0, 0.05) is 25.9 Å². The molecular weight excluding hydrogens is 599 g/mol. The van der Waals surface area contributed by atoms with E-state index in [0.29, 0.717) is 17.6 Å². The van der Waals surface area contributed by atoms with Crippen molar-refractivity contribution in [1.29, 1.82) is 0 Å². The molecule has 3 fully saturated rings. The van der Waals surface area contributed by atoms with E-state index in [9.17, 15) is 0 Å². The molecule has 3 atom stereocenters. The second-order valence-corrected chi connectivity index (χ2v) is 16.3. The fraction of sp³-hybridized carbons (Fsp3) is 0.826. The van der Waals surface area contributed by atoms with Crippen LogP contribution in [0.5, 0.6) is 0 Å². The molecule has 1 saturated carbocycles. The highest BCUT2D eigenvalue weighted by molar-refractivity contribution is 5.02. The van der Waals surface area contributed by atoms with Gasteiger partial charge in [-0.1, -0.05) is 152 Å². The first-order chi connectivity index (χ1) is 24.1. The summed E-state index contributed by atoms with van der Waals surface area (Å²) in [6.45, 7) is 6.63. The van der Waals surface area contributed by atoms with Gasteiger partial charge in [0.2, 0.25) is 0 Å². The Morgan fingerprint density at radius 3 is 1.31 bits per heavy atom. The Bertz CT molecular complexity index is 856. The molecular formula is C46H81NO2. The Balaban J connectivity index is 1.26. The van der Waals surface area contributed by atoms with E-state index in [-0.39, 0.29) is 5.79 Å². The van der Waals surface area contributed by atoms with E-state index >= 15 is 0 Å². The number of unbranched alkanes of at least 4 members (excludes halogenated alkanes) is 18. The van der Waals surface area contributed by atoms with Crippen LogP contribution in [0.15, 0.2) is 48.6 Å². The van der Waals surface area contributed by atoms with Gasteiger partial charge in [-0.15, -0.1) is 0 Å². The number of allylic oxidation sites excluding steroid dienone is 8. The third-order valence-corrected chi connectivity index (χ3v) is 11.6. The summed E-state index contributed by atoms with van der Waals surface area (Å²) < 4.78 is 13.5.